The van der Waals surface area contributed by atoms with E-state index in [4.69, 9.17) is 9.47 Å². The zero-order valence-corrected chi connectivity index (χ0v) is 20.5. The first kappa shape index (κ1) is 23.1. The molecule has 3 aromatic heterocycles. The molecule has 3 heterocycles. The first-order valence-electron chi connectivity index (χ1n) is 11.5. The van der Waals surface area contributed by atoms with Crippen molar-refractivity contribution in [2.45, 2.75) is 20.1 Å². The Kier molecular flexibility index (Phi) is 5.97. The second-order valence-corrected chi connectivity index (χ2v) is 9.53. The Balaban J connectivity index is 1.10. The van der Waals surface area contributed by atoms with E-state index in [-0.39, 0.29) is 6.61 Å². The number of nitrogens with zero attached hydrogens (tertiary/aromatic N) is 4. The average molecular weight is 515 g/mol. The normalized spacial score (nSPS) is 11.3. The van der Waals surface area contributed by atoms with Crippen LogP contribution >= 0.6 is 11.3 Å². The number of imidazole rings is 1. The van der Waals surface area contributed by atoms with Crippen molar-refractivity contribution in [3.05, 3.63) is 107 Å². The van der Waals surface area contributed by atoms with Gasteiger partial charge >= 0.3 is 0 Å². The smallest absolute Gasteiger partial charge is 0.161 e. The number of hydrogen-bond donors (Lipinski definition) is 0. The van der Waals surface area contributed by atoms with Crippen LogP contribution in [-0.4, -0.2) is 19.5 Å². The van der Waals surface area contributed by atoms with Gasteiger partial charge in [-0.25, -0.2) is 18.7 Å². The van der Waals surface area contributed by atoms with Crippen molar-refractivity contribution in [2.24, 2.45) is 0 Å². The third kappa shape index (κ3) is 4.73. The van der Waals surface area contributed by atoms with Crippen LogP contribution in [0.5, 0.6) is 11.5 Å². The largest absolute Gasteiger partial charge is 0.489 e. The van der Waals surface area contributed by atoms with Gasteiger partial charge in [0.2, 0.25) is 0 Å². The Morgan fingerprint density at radius 2 is 1.65 bits per heavy atom. The summed E-state index contributed by atoms with van der Waals surface area (Å²) in [6.45, 7) is 2.54. The highest BCUT2D eigenvalue weighted by atomic mass is 32.1. The number of fused-ring (bicyclic) bond motifs is 2. The van der Waals surface area contributed by atoms with Gasteiger partial charge in [-0.1, -0.05) is 12.1 Å². The molecule has 37 heavy (non-hydrogen) atoms. The molecular weight excluding hydrogens is 494 g/mol. The van der Waals surface area contributed by atoms with Gasteiger partial charge in [0.15, 0.2) is 11.6 Å². The molecule has 6 rings (SSSR count). The van der Waals surface area contributed by atoms with Gasteiger partial charge in [-0.2, -0.15) is 0 Å². The molecule has 0 fully saturated rings. The summed E-state index contributed by atoms with van der Waals surface area (Å²) in [6.07, 6.45) is 3.52. The van der Waals surface area contributed by atoms with Crippen LogP contribution in [0.3, 0.4) is 0 Å². The maximum absolute atomic E-state index is 13.5. The van der Waals surface area contributed by atoms with Gasteiger partial charge in [-0.3, -0.25) is 9.55 Å². The van der Waals surface area contributed by atoms with Gasteiger partial charge in [0, 0.05) is 18.0 Å². The molecule has 6 nitrogen and oxygen atoms in total. The highest BCUT2D eigenvalue weighted by Crippen LogP contribution is 2.27. The molecule has 0 saturated carbocycles. The van der Waals surface area contributed by atoms with E-state index in [0.29, 0.717) is 27.6 Å². The second-order valence-electron chi connectivity index (χ2n) is 8.42. The molecule has 0 aliphatic rings. The standard InChI is InChI=1S/C28H20F2N4O2S/c1-17-32-25-14-31-10-9-26(25)34(17)19-5-7-20(8-6-19)35-15-18-3-2-4-21(11-18)36-16-28-33-24-12-22(29)23(30)13-27(24)37-28/h2-14H,15-16H2,1H3. The zero-order chi connectivity index (χ0) is 25.4. The van der Waals surface area contributed by atoms with Crippen molar-refractivity contribution in [3.63, 3.8) is 0 Å². The number of benzene rings is 3. The molecule has 0 bridgehead atoms. The molecule has 0 saturated heterocycles. The molecule has 184 valence electrons. The van der Waals surface area contributed by atoms with Gasteiger partial charge in [-0.15, -0.1) is 11.3 Å². The topological polar surface area (TPSA) is 62.1 Å². The molecule has 0 radical (unpaired) electrons. The number of rotatable bonds is 7. The molecule has 0 N–H and O–H groups in total. The van der Waals surface area contributed by atoms with Crippen LogP contribution in [0.2, 0.25) is 0 Å². The summed E-state index contributed by atoms with van der Waals surface area (Å²) < 4.78 is 41.4. The lowest BCUT2D eigenvalue weighted by atomic mass is 10.2. The fraction of sp³-hybridized carbons (Fsp3) is 0.107. The zero-order valence-electron chi connectivity index (χ0n) is 19.7. The van der Waals surface area contributed by atoms with Crippen LogP contribution in [0.15, 0.2) is 79.1 Å². The SMILES string of the molecule is Cc1nc2cnccc2n1-c1ccc(OCc2cccc(OCc3nc4cc(F)c(F)cc4s3)c2)cc1. The van der Waals surface area contributed by atoms with Crippen molar-refractivity contribution >= 4 is 32.6 Å². The van der Waals surface area contributed by atoms with E-state index in [2.05, 4.69) is 19.5 Å². The van der Waals surface area contributed by atoms with E-state index in [1.165, 1.54) is 11.3 Å². The van der Waals surface area contributed by atoms with Crippen molar-refractivity contribution < 1.29 is 18.3 Å². The highest BCUT2D eigenvalue weighted by Gasteiger charge is 2.11. The van der Waals surface area contributed by atoms with Gasteiger partial charge in [0.05, 0.1) is 21.9 Å². The lowest BCUT2D eigenvalue weighted by Crippen LogP contribution is -1.99. The summed E-state index contributed by atoms with van der Waals surface area (Å²) in [5, 5.41) is 0.638. The van der Waals surface area contributed by atoms with E-state index in [9.17, 15) is 8.78 Å². The Morgan fingerprint density at radius 3 is 2.51 bits per heavy atom. The summed E-state index contributed by atoms with van der Waals surface area (Å²) in [4.78, 5) is 13.0. The fourth-order valence-electron chi connectivity index (χ4n) is 4.14. The molecule has 3 aromatic carbocycles. The number of halogens is 2. The number of hydrogen-bond acceptors (Lipinski definition) is 6. The highest BCUT2D eigenvalue weighted by molar-refractivity contribution is 7.18. The summed E-state index contributed by atoms with van der Waals surface area (Å²) in [6, 6.07) is 19.7. The molecule has 0 aliphatic heterocycles. The molecule has 0 aliphatic carbocycles. The summed E-state index contributed by atoms with van der Waals surface area (Å²) in [5.41, 5.74) is 4.22. The third-order valence-electron chi connectivity index (χ3n) is 5.86. The van der Waals surface area contributed by atoms with Gasteiger partial charge in [0.25, 0.3) is 0 Å². The Bertz CT molecular complexity index is 1690. The fourth-order valence-corrected chi connectivity index (χ4v) is 5.03. The lowest BCUT2D eigenvalue weighted by molar-refractivity contribution is 0.295. The van der Waals surface area contributed by atoms with E-state index in [1.807, 2.05) is 61.5 Å². The number of aryl methyl sites for hydroxylation is 1. The minimum Gasteiger partial charge on any atom is -0.489 e. The van der Waals surface area contributed by atoms with Crippen LogP contribution in [0.4, 0.5) is 8.78 Å². The maximum atomic E-state index is 13.5. The average Bonchev–Trinajstić information content (AvgIpc) is 3.46. The number of aromatic nitrogens is 4. The van der Waals surface area contributed by atoms with Crippen molar-refractivity contribution in [3.8, 4) is 17.2 Å². The maximum Gasteiger partial charge on any atom is 0.161 e. The van der Waals surface area contributed by atoms with Gasteiger partial charge in [-0.05, 0) is 61.0 Å². The number of thiazole rings is 1. The van der Waals surface area contributed by atoms with E-state index in [0.717, 1.165) is 46.0 Å². The molecule has 0 amide bonds. The minimum atomic E-state index is -0.907. The monoisotopic (exact) mass is 514 g/mol. The molecule has 0 spiro atoms. The summed E-state index contributed by atoms with van der Waals surface area (Å²) >= 11 is 1.28. The molecule has 6 aromatic rings. The quantitative estimate of drug-likeness (QED) is 0.235. The predicted octanol–water partition coefficient (Wildman–Crippen LogP) is 6.77. The van der Waals surface area contributed by atoms with Crippen molar-refractivity contribution in [1.82, 2.24) is 19.5 Å². The van der Waals surface area contributed by atoms with Crippen LogP contribution in [0, 0.1) is 18.6 Å². The van der Waals surface area contributed by atoms with Crippen LogP contribution in [0.1, 0.15) is 16.4 Å². The summed E-state index contributed by atoms with van der Waals surface area (Å²) in [5.74, 6) is 0.501. The van der Waals surface area contributed by atoms with Crippen molar-refractivity contribution in [1.29, 1.82) is 0 Å². The first-order valence-corrected chi connectivity index (χ1v) is 12.3. The molecular formula is C28H20F2N4O2S. The number of ether oxygens (including phenoxy) is 2. The first-order chi connectivity index (χ1) is 18.0. The Labute approximate surface area is 214 Å². The van der Waals surface area contributed by atoms with Crippen molar-refractivity contribution in [2.75, 3.05) is 0 Å². The third-order valence-corrected chi connectivity index (χ3v) is 6.85. The Morgan fingerprint density at radius 1 is 0.838 bits per heavy atom. The second kappa shape index (κ2) is 9.59. The Hall–Kier alpha value is -4.37. The van der Waals surface area contributed by atoms with E-state index >= 15 is 0 Å². The van der Waals surface area contributed by atoms with Gasteiger partial charge < -0.3 is 9.47 Å². The molecule has 9 heteroatoms. The molecule has 0 atom stereocenters. The van der Waals surface area contributed by atoms with Crippen LogP contribution in [0.25, 0.3) is 26.9 Å². The van der Waals surface area contributed by atoms with Crippen LogP contribution in [-0.2, 0) is 13.2 Å². The predicted molar refractivity (Wildman–Crippen MR) is 138 cm³/mol. The summed E-state index contributed by atoms with van der Waals surface area (Å²) in [7, 11) is 0. The molecule has 0 unspecified atom stereocenters. The van der Waals surface area contributed by atoms with E-state index < -0.39 is 11.6 Å². The minimum absolute atomic E-state index is 0.201. The van der Waals surface area contributed by atoms with Crippen LogP contribution < -0.4 is 9.47 Å². The lowest BCUT2D eigenvalue weighted by Gasteiger charge is -2.11. The van der Waals surface area contributed by atoms with E-state index in [1.54, 1.807) is 12.4 Å². The number of pyridine rings is 1. The van der Waals surface area contributed by atoms with Gasteiger partial charge in [0.1, 0.15) is 41.1 Å².